The standard InChI is InChI=1S/C46H30N4O/c51-44-25-8-5-18-38(44)46-48-45-35(19-12-24-43(45)50(46)40-23-11-14-30-13-1-2-15-34(30)40)31-27-32(39-20-9-10-26-47-39)29-33(28-31)49-41-21-6-3-16-36(41)37-17-4-7-22-42(37)49/h1-29,51H. The van der Waals surface area contributed by atoms with Crippen molar-refractivity contribution in [2.75, 3.05) is 0 Å². The molecule has 0 unspecified atom stereocenters. The molecule has 0 aliphatic rings. The van der Waals surface area contributed by atoms with E-state index in [9.17, 15) is 5.11 Å². The molecule has 1 N–H and O–H groups in total. The summed E-state index contributed by atoms with van der Waals surface area (Å²) in [5.41, 5.74) is 10.7. The first kappa shape index (κ1) is 29.0. The number of pyridine rings is 1. The molecule has 0 radical (unpaired) electrons. The van der Waals surface area contributed by atoms with Crippen molar-refractivity contribution in [1.82, 2.24) is 19.1 Å². The van der Waals surface area contributed by atoms with Crippen LogP contribution in [0.15, 0.2) is 176 Å². The van der Waals surface area contributed by atoms with Crippen molar-refractivity contribution in [2.24, 2.45) is 0 Å². The summed E-state index contributed by atoms with van der Waals surface area (Å²) in [6, 6.07) is 58.4. The predicted octanol–water partition coefficient (Wildman–Crippen LogP) is 11.4. The highest BCUT2D eigenvalue weighted by atomic mass is 16.3. The van der Waals surface area contributed by atoms with Gasteiger partial charge in [-0.2, -0.15) is 0 Å². The van der Waals surface area contributed by atoms with Crippen LogP contribution in [0.3, 0.4) is 0 Å². The molecule has 3 heterocycles. The number of phenolic OH excluding ortho intramolecular Hbond substituents is 1. The lowest BCUT2D eigenvalue weighted by atomic mass is 9.98. The molecule has 0 atom stereocenters. The van der Waals surface area contributed by atoms with Crippen LogP contribution in [-0.4, -0.2) is 24.2 Å². The maximum Gasteiger partial charge on any atom is 0.149 e. The molecule has 51 heavy (non-hydrogen) atoms. The van der Waals surface area contributed by atoms with E-state index >= 15 is 0 Å². The van der Waals surface area contributed by atoms with E-state index in [2.05, 4.69) is 143 Å². The fraction of sp³-hybridized carbons (Fsp3) is 0. The molecular formula is C46H30N4O. The molecule has 0 spiro atoms. The van der Waals surface area contributed by atoms with E-state index in [0.717, 1.165) is 66.6 Å². The Morgan fingerprint density at radius 1 is 0.471 bits per heavy atom. The van der Waals surface area contributed by atoms with Gasteiger partial charge in [0, 0.05) is 39.2 Å². The largest absolute Gasteiger partial charge is 0.507 e. The Morgan fingerprint density at radius 2 is 1.10 bits per heavy atom. The third-order valence-electron chi connectivity index (χ3n) is 9.87. The summed E-state index contributed by atoms with van der Waals surface area (Å²) >= 11 is 0. The van der Waals surface area contributed by atoms with Gasteiger partial charge in [0.05, 0.1) is 39.0 Å². The molecule has 10 aromatic rings. The summed E-state index contributed by atoms with van der Waals surface area (Å²) < 4.78 is 4.54. The zero-order valence-corrected chi connectivity index (χ0v) is 27.5. The van der Waals surface area contributed by atoms with Gasteiger partial charge >= 0.3 is 0 Å². The number of aromatic nitrogens is 4. The van der Waals surface area contributed by atoms with Gasteiger partial charge in [-0.25, -0.2) is 4.98 Å². The van der Waals surface area contributed by atoms with Gasteiger partial charge in [0.15, 0.2) is 0 Å². The van der Waals surface area contributed by atoms with E-state index < -0.39 is 0 Å². The number of fused-ring (bicyclic) bond motifs is 5. The monoisotopic (exact) mass is 654 g/mol. The van der Waals surface area contributed by atoms with Crippen molar-refractivity contribution >= 4 is 43.6 Å². The first-order valence-electron chi connectivity index (χ1n) is 17.1. The molecule has 3 aromatic heterocycles. The number of para-hydroxylation sites is 4. The minimum absolute atomic E-state index is 0.182. The van der Waals surface area contributed by atoms with Gasteiger partial charge in [0.1, 0.15) is 11.6 Å². The number of imidazole rings is 1. The Labute approximate surface area is 294 Å². The Kier molecular flexibility index (Phi) is 6.58. The average molecular weight is 655 g/mol. The van der Waals surface area contributed by atoms with Crippen molar-refractivity contribution < 1.29 is 5.11 Å². The van der Waals surface area contributed by atoms with E-state index in [1.165, 1.54) is 10.8 Å². The van der Waals surface area contributed by atoms with Gasteiger partial charge in [0.25, 0.3) is 0 Å². The van der Waals surface area contributed by atoms with Crippen LogP contribution in [0.25, 0.3) is 88.8 Å². The zero-order chi connectivity index (χ0) is 33.9. The van der Waals surface area contributed by atoms with E-state index in [1.807, 2.05) is 36.5 Å². The van der Waals surface area contributed by atoms with E-state index in [-0.39, 0.29) is 5.75 Å². The maximum atomic E-state index is 11.2. The second kappa shape index (κ2) is 11.6. The highest BCUT2D eigenvalue weighted by Gasteiger charge is 2.22. The topological polar surface area (TPSA) is 55.9 Å². The van der Waals surface area contributed by atoms with Gasteiger partial charge in [-0.3, -0.25) is 9.55 Å². The molecule has 0 amide bonds. The fourth-order valence-electron chi connectivity index (χ4n) is 7.60. The Balaban J connectivity index is 1.29. The molecule has 0 saturated carbocycles. The van der Waals surface area contributed by atoms with Crippen LogP contribution in [0.5, 0.6) is 5.75 Å². The van der Waals surface area contributed by atoms with Crippen molar-refractivity contribution in [3.63, 3.8) is 0 Å². The first-order chi connectivity index (χ1) is 25.2. The molecule has 10 rings (SSSR count). The van der Waals surface area contributed by atoms with Gasteiger partial charge in [-0.15, -0.1) is 0 Å². The predicted molar refractivity (Wildman–Crippen MR) is 209 cm³/mol. The van der Waals surface area contributed by atoms with Crippen molar-refractivity contribution in [1.29, 1.82) is 0 Å². The number of benzene rings is 7. The van der Waals surface area contributed by atoms with E-state index in [1.54, 1.807) is 6.07 Å². The molecule has 0 fully saturated rings. The van der Waals surface area contributed by atoms with Crippen LogP contribution < -0.4 is 0 Å². The van der Waals surface area contributed by atoms with Gasteiger partial charge in [-0.05, 0) is 77.7 Å². The van der Waals surface area contributed by atoms with Crippen LogP contribution in [0.1, 0.15) is 0 Å². The molecule has 0 aliphatic carbocycles. The number of hydrogen-bond acceptors (Lipinski definition) is 3. The minimum atomic E-state index is 0.182. The summed E-state index contributed by atoms with van der Waals surface area (Å²) in [6.07, 6.45) is 1.84. The normalized spacial score (nSPS) is 11.6. The molecule has 240 valence electrons. The summed E-state index contributed by atoms with van der Waals surface area (Å²) in [7, 11) is 0. The third kappa shape index (κ3) is 4.63. The summed E-state index contributed by atoms with van der Waals surface area (Å²) in [6.45, 7) is 0. The molecule has 7 aromatic carbocycles. The van der Waals surface area contributed by atoms with Gasteiger partial charge in [-0.1, -0.05) is 103 Å². The number of hydrogen-bond donors (Lipinski definition) is 1. The number of aromatic hydroxyl groups is 1. The summed E-state index contributed by atoms with van der Waals surface area (Å²) in [4.78, 5) is 10.2. The molecule has 0 aliphatic heterocycles. The Hall–Kier alpha value is -6.98. The summed E-state index contributed by atoms with van der Waals surface area (Å²) in [5.74, 6) is 0.858. The molecule has 5 nitrogen and oxygen atoms in total. The third-order valence-corrected chi connectivity index (χ3v) is 9.87. The van der Waals surface area contributed by atoms with Crippen LogP contribution in [0.4, 0.5) is 0 Å². The van der Waals surface area contributed by atoms with Gasteiger partial charge in [0.2, 0.25) is 0 Å². The second-order valence-corrected chi connectivity index (χ2v) is 12.8. The minimum Gasteiger partial charge on any atom is -0.507 e. The molecular weight excluding hydrogens is 625 g/mol. The lowest BCUT2D eigenvalue weighted by Crippen LogP contribution is -1.99. The zero-order valence-electron chi connectivity index (χ0n) is 27.5. The highest BCUT2D eigenvalue weighted by molar-refractivity contribution is 6.09. The Morgan fingerprint density at radius 3 is 1.88 bits per heavy atom. The number of rotatable bonds is 5. The Bertz CT molecular complexity index is 2880. The molecule has 0 saturated heterocycles. The summed E-state index contributed by atoms with van der Waals surface area (Å²) in [5, 5.41) is 15.8. The highest BCUT2D eigenvalue weighted by Crippen LogP contribution is 2.41. The fourth-order valence-corrected chi connectivity index (χ4v) is 7.60. The maximum absolute atomic E-state index is 11.2. The molecule has 0 bridgehead atoms. The van der Waals surface area contributed by atoms with E-state index in [4.69, 9.17) is 9.97 Å². The average Bonchev–Trinajstić information content (AvgIpc) is 3.74. The second-order valence-electron chi connectivity index (χ2n) is 12.8. The van der Waals surface area contributed by atoms with E-state index in [0.29, 0.717) is 11.4 Å². The van der Waals surface area contributed by atoms with Crippen LogP contribution in [0.2, 0.25) is 0 Å². The van der Waals surface area contributed by atoms with Crippen molar-refractivity contribution in [2.45, 2.75) is 0 Å². The van der Waals surface area contributed by atoms with Crippen LogP contribution in [-0.2, 0) is 0 Å². The van der Waals surface area contributed by atoms with Gasteiger partial charge < -0.3 is 9.67 Å². The smallest absolute Gasteiger partial charge is 0.149 e. The quantitative estimate of drug-likeness (QED) is 0.201. The van der Waals surface area contributed by atoms with Crippen molar-refractivity contribution in [3.8, 4) is 50.9 Å². The van der Waals surface area contributed by atoms with Crippen LogP contribution >= 0.6 is 0 Å². The molecule has 5 heteroatoms. The lowest BCUT2D eigenvalue weighted by Gasteiger charge is -2.14. The number of nitrogens with zero attached hydrogens (tertiary/aromatic N) is 4. The SMILES string of the molecule is Oc1ccccc1-c1nc2c(-c3cc(-c4ccccn4)cc(-n4c5ccccc5c5ccccc54)c3)cccc2n1-c1cccc2ccccc12. The first-order valence-corrected chi connectivity index (χ1v) is 17.1. The van der Waals surface area contributed by atoms with Crippen molar-refractivity contribution in [3.05, 3.63) is 176 Å². The van der Waals surface area contributed by atoms with Crippen LogP contribution in [0, 0.1) is 0 Å². The lowest BCUT2D eigenvalue weighted by molar-refractivity contribution is 0.477. The number of phenols is 1.